The third-order valence-electron chi connectivity index (χ3n) is 4.28. The van der Waals surface area contributed by atoms with Gasteiger partial charge in [-0.2, -0.15) is 0 Å². The Balaban J connectivity index is 1.69. The Hall–Kier alpha value is -3.44. The molecule has 0 aliphatic heterocycles. The molecule has 0 saturated carbocycles. The molecular weight excluding hydrogens is 340 g/mol. The number of pyridine rings is 1. The number of benzene rings is 2. The molecule has 5 heteroatoms. The number of nitrogens with zero attached hydrogens (tertiary/aromatic N) is 1. The van der Waals surface area contributed by atoms with E-state index in [1.165, 1.54) is 17.1 Å². The largest absolute Gasteiger partial charge is 0.315 e. The number of hydroxylamine groups is 1. The zero-order chi connectivity index (χ0) is 19.1. The van der Waals surface area contributed by atoms with Crippen molar-refractivity contribution in [3.63, 3.8) is 0 Å². The highest BCUT2D eigenvalue weighted by Gasteiger charge is 2.03. The molecule has 1 amide bonds. The summed E-state index contributed by atoms with van der Waals surface area (Å²) < 4.78 is 1.61. The van der Waals surface area contributed by atoms with Crippen molar-refractivity contribution in [2.24, 2.45) is 0 Å². The van der Waals surface area contributed by atoms with Crippen LogP contribution in [0.2, 0.25) is 0 Å². The molecule has 2 aromatic carbocycles. The molecule has 0 aliphatic carbocycles. The lowest BCUT2D eigenvalue weighted by atomic mass is 10.0. The summed E-state index contributed by atoms with van der Waals surface area (Å²) in [6.07, 6.45) is 4.95. The molecule has 1 heterocycles. The predicted molar refractivity (Wildman–Crippen MR) is 105 cm³/mol. The SMILES string of the molecule is O=C(/C=C/c1cccn(CCc2ccc(-c3ccccc3)cc2)c1=O)NO. The van der Waals surface area contributed by atoms with Crippen LogP contribution in [0.15, 0.2) is 83.8 Å². The molecule has 27 heavy (non-hydrogen) atoms. The maximum absolute atomic E-state index is 12.4. The predicted octanol–water partition coefficient (Wildman–Crippen LogP) is 3.28. The van der Waals surface area contributed by atoms with Crippen LogP contribution in [-0.4, -0.2) is 15.7 Å². The van der Waals surface area contributed by atoms with Gasteiger partial charge in [-0.3, -0.25) is 14.8 Å². The highest BCUT2D eigenvalue weighted by atomic mass is 16.5. The lowest BCUT2D eigenvalue weighted by Gasteiger charge is -2.08. The Morgan fingerprint density at radius 1 is 0.963 bits per heavy atom. The molecule has 5 nitrogen and oxygen atoms in total. The van der Waals surface area contributed by atoms with Gasteiger partial charge in [0.1, 0.15) is 0 Å². The second-order valence-corrected chi connectivity index (χ2v) is 6.08. The number of hydrogen-bond acceptors (Lipinski definition) is 3. The lowest BCUT2D eigenvalue weighted by Crippen LogP contribution is -2.22. The summed E-state index contributed by atoms with van der Waals surface area (Å²) in [5.74, 6) is -0.677. The monoisotopic (exact) mass is 360 g/mol. The van der Waals surface area contributed by atoms with Crippen LogP contribution in [-0.2, 0) is 17.8 Å². The quantitative estimate of drug-likeness (QED) is 0.403. The molecule has 3 aromatic rings. The maximum atomic E-state index is 12.4. The number of aryl methyl sites for hydroxylation is 2. The molecule has 0 spiro atoms. The van der Waals surface area contributed by atoms with Crippen LogP contribution in [0.3, 0.4) is 0 Å². The van der Waals surface area contributed by atoms with Gasteiger partial charge >= 0.3 is 0 Å². The molecule has 0 saturated heterocycles. The van der Waals surface area contributed by atoms with E-state index in [0.717, 1.165) is 23.6 Å². The summed E-state index contributed by atoms with van der Waals surface area (Å²) >= 11 is 0. The fraction of sp³-hybridized carbons (Fsp3) is 0.0909. The number of rotatable bonds is 6. The smallest absolute Gasteiger partial charge is 0.267 e. The van der Waals surface area contributed by atoms with Gasteiger partial charge in [0.25, 0.3) is 11.5 Å². The lowest BCUT2D eigenvalue weighted by molar-refractivity contribution is -0.124. The number of amides is 1. The first kappa shape index (κ1) is 18.4. The average Bonchev–Trinajstić information content (AvgIpc) is 2.73. The van der Waals surface area contributed by atoms with Gasteiger partial charge in [-0.25, -0.2) is 5.48 Å². The number of nitrogens with one attached hydrogen (secondary N) is 1. The Bertz CT molecular complexity index is 990. The van der Waals surface area contributed by atoms with Crippen LogP contribution in [0.5, 0.6) is 0 Å². The van der Waals surface area contributed by atoms with E-state index in [1.807, 2.05) is 18.2 Å². The molecule has 2 N–H and O–H groups in total. The van der Waals surface area contributed by atoms with Gasteiger partial charge in [0, 0.05) is 24.4 Å². The standard InChI is InChI=1S/C22H20N2O3/c25-21(23-27)13-12-20-7-4-15-24(22(20)26)16-14-17-8-10-19(11-9-17)18-5-2-1-3-6-18/h1-13,15,27H,14,16H2,(H,23,25)/b13-12+. The van der Waals surface area contributed by atoms with E-state index >= 15 is 0 Å². The molecule has 136 valence electrons. The van der Waals surface area contributed by atoms with Gasteiger partial charge in [0.05, 0.1) is 0 Å². The van der Waals surface area contributed by atoms with Crippen molar-refractivity contribution in [1.82, 2.24) is 10.0 Å². The first-order chi connectivity index (χ1) is 13.2. The number of carbonyl (C=O) groups is 1. The molecule has 1 aromatic heterocycles. The minimum absolute atomic E-state index is 0.180. The van der Waals surface area contributed by atoms with E-state index in [2.05, 4.69) is 36.4 Å². The highest BCUT2D eigenvalue weighted by molar-refractivity contribution is 5.90. The number of aromatic nitrogens is 1. The van der Waals surface area contributed by atoms with Crippen molar-refractivity contribution in [3.05, 3.63) is 100 Å². The van der Waals surface area contributed by atoms with E-state index in [-0.39, 0.29) is 5.56 Å². The third kappa shape index (κ3) is 4.80. The molecule has 0 fully saturated rings. The minimum Gasteiger partial charge on any atom is -0.315 e. The number of carbonyl (C=O) groups excluding carboxylic acids is 1. The summed E-state index contributed by atoms with van der Waals surface area (Å²) in [6.45, 7) is 0.539. The summed E-state index contributed by atoms with van der Waals surface area (Å²) in [6, 6.07) is 21.9. The summed E-state index contributed by atoms with van der Waals surface area (Å²) in [5, 5.41) is 8.51. The second-order valence-electron chi connectivity index (χ2n) is 6.08. The van der Waals surface area contributed by atoms with Gasteiger partial charge in [0.2, 0.25) is 0 Å². The zero-order valence-electron chi connectivity index (χ0n) is 14.7. The fourth-order valence-electron chi connectivity index (χ4n) is 2.81. The van der Waals surface area contributed by atoms with Crippen LogP contribution < -0.4 is 11.0 Å². The molecular formula is C22H20N2O3. The van der Waals surface area contributed by atoms with Crippen LogP contribution in [0.1, 0.15) is 11.1 Å². The maximum Gasteiger partial charge on any atom is 0.267 e. The fourth-order valence-corrected chi connectivity index (χ4v) is 2.81. The van der Waals surface area contributed by atoms with Gasteiger partial charge in [-0.15, -0.1) is 0 Å². The van der Waals surface area contributed by atoms with Crippen LogP contribution in [0, 0.1) is 0 Å². The normalized spacial score (nSPS) is 10.9. The summed E-state index contributed by atoms with van der Waals surface area (Å²) in [7, 11) is 0. The Labute approximate surface area is 157 Å². The Morgan fingerprint density at radius 2 is 1.67 bits per heavy atom. The van der Waals surface area contributed by atoms with Crippen molar-refractivity contribution in [1.29, 1.82) is 0 Å². The first-order valence-electron chi connectivity index (χ1n) is 8.63. The summed E-state index contributed by atoms with van der Waals surface area (Å²) in [5.41, 5.74) is 5.18. The van der Waals surface area contributed by atoms with Gasteiger partial charge < -0.3 is 4.57 Å². The minimum atomic E-state index is -0.677. The van der Waals surface area contributed by atoms with Crippen molar-refractivity contribution in [2.75, 3.05) is 0 Å². The Morgan fingerprint density at radius 3 is 2.37 bits per heavy atom. The van der Waals surface area contributed by atoms with E-state index in [9.17, 15) is 9.59 Å². The van der Waals surface area contributed by atoms with Crippen LogP contribution in [0.4, 0.5) is 0 Å². The first-order valence-corrected chi connectivity index (χ1v) is 8.63. The molecule has 3 rings (SSSR count). The van der Waals surface area contributed by atoms with Crippen molar-refractivity contribution in [3.8, 4) is 11.1 Å². The van der Waals surface area contributed by atoms with E-state index in [1.54, 1.807) is 22.9 Å². The molecule has 0 radical (unpaired) electrons. The van der Waals surface area contributed by atoms with E-state index in [0.29, 0.717) is 12.1 Å². The Kier molecular flexibility index (Phi) is 5.97. The molecule has 0 unspecified atom stereocenters. The van der Waals surface area contributed by atoms with Gasteiger partial charge in [-0.1, -0.05) is 54.6 Å². The molecule has 0 aliphatic rings. The molecule has 0 atom stereocenters. The van der Waals surface area contributed by atoms with E-state index < -0.39 is 5.91 Å². The number of hydrogen-bond donors (Lipinski definition) is 2. The third-order valence-corrected chi connectivity index (χ3v) is 4.28. The average molecular weight is 360 g/mol. The van der Waals surface area contributed by atoms with Gasteiger partial charge in [0.15, 0.2) is 0 Å². The van der Waals surface area contributed by atoms with Crippen LogP contribution >= 0.6 is 0 Å². The van der Waals surface area contributed by atoms with Crippen molar-refractivity contribution in [2.45, 2.75) is 13.0 Å². The second kappa shape index (κ2) is 8.78. The highest BCUT2D eigenvalue weighted by Crippen LogP contribution is 2.19. The van der Waals surface area contributed by atoms with Crippen molar-refractivity contribution >= 4 is 12.0 Å². The van der Waals surface area contributed by atoms with Gasteiger partial charge in [-0.05, 0) is 41.3 Å². The van der Waals surface area contributed by atoms with Crippen LogP contribution in [0.25, 0.3) is 17.2 Å². The zero-order valence-corrected chi connectivity index (χ0v) is 14.7. The van der Waals surface area contributed by atoms with Crippen molar-refractivity contribution < 1.29 is 10.0 Å². The topological polar surface area (TPSA) is 71.3 Å². The molecule has 0 bridgehead atoms. The van der Waals surface area contributed by atoms with E-state index in [4.69, 9.17) is 5.21 Å². The summed E-state index contributed by atoms with van der Waals surface area (Å²) in [4.78, 5) is 23.5.